The molecule has 0 aromatic rings. The summed E-state index contributed by atoms with van der Waals surface area (Å²) in [4.78, 5) is 189. The number of amides is 12. The smallest absolute Gasteiger partial charge is 0.247 e. The van der Waals surface area contributed by atoms with Crippen LogP contribution in [0.3, 0.4) is 0 Å². The maximum absolute atomic E-state index is 15.3. The van der Waals surface area contributed by atoms with E-state index in [2.05, 4.69) is 31.9 Å². The Bertz CT molecular complexity index is 2770. The van der Waals surface area contributed by atoms with E-state index in [1.165, 1.54) is 78.6 Å². The molecule has 3 saturated heterocycles. The molecule has 4 rings (SSSR count). The van der Waals surface area contributed by atoms with Crippen LogP contribution in [-0.2, 0) is 62.3 Å². The van der Waals surface area contributed by atoms with Crippen LogP contribution >= 0.6 is 0 Å². The van der Waals surface area contributed by atoms with E-state index in [9.17, 15) is 28.8 Å². The zero-order chi connectivity index (χ0) is 74.8. The van der Waals surface area contributed by atoms with E-state index in [4.69, 9.17) is 4.74 Å². The van der Waals surface area contributed by atoms with Gasteiger partial charge < -0.3 is 70.9 Å². The number of hydrogen-bond acceptors (Lipinski definition) is 14. The van der Waals surface area contributed by atoms with Crippen molar-refractivity contribution < 1.29 is 62.3 Å². The Labute approximate surface area is 592 Å². The summed E-state index contributed by atoms with van der Waals surface area (Å²) in [5, 5.41) is 18.1. The first-order valence-electron chi connectivity index (χ1n) is 36.9. The number of nitrogens with one attached hydrogen (secondary N) is 6. The molecule has 26 nitrogen and oxygen atoms in total. The Morgan fingerprint density at radius 3 is 1.56 bits per heavy atom. The van der Waals surface area contributed by atoms with E-state index >= 15 is 28.8 Å². The number of carbonyl (C=O) groups excluding carboxylic acids is 12. The van der Waals surface area contributed by atoms with E-state index in [0.717, 1.165) is 32.1 Å². The van der Waals surface area contributed by atoms with Crippen molar-refractivity contribution >= 4 is 70.9 Å². The minimum Gasteiger partial charge on any atom is -0.373 e. The van der Waals surface area contributed by atoms with E-state index in [-0.39, 0.29) is 80.3 Å². The molecular weight excluding hydrogens is 1270 g/mol. The maximum atomic E-state index is 15.3. The third-order valence-corrected chi connectivity index (χ3v) is 20.4. The van der Waals surface area contributed by atoms with Gasteiger partial charge in [-0.05, 0) is 146 Å². The fraction of sp³-hybridized carbons (Fsp3) is 0.836. The van der Waals surface area contributed by atoms with Gasteiger partial charge in [0.2, 0.25) is 70.9 Å². The first-order valence-corrected chi connectivity index (χ1v) is 36.9. The summed E-state index contributed by atoms with van der Waals surface area (Å²) in [7, 11) is 8.75. The lowest BCUT2D eigenvalue weighted by atomic mass is 9.77. The lowest BCUT2D eigenvalue weighted by Crippen LogP contribution is -2.62. The lowest BCUT2D eigenvalue weighted by Gasteiger charge is -2.39. The molecule has 1 saturated carbocycles. The summed E-state index contributed by atoms with van der Waals surface area (Å²) in [5.41, 5.74) is -0.819. The summed E-state index contributed by atoms with van der Waals surface area (Å²) in [6.07, 6.45) is 6.85. The van der Waals surface area contributed by atoms with Crippen molar-refractivity contribution in [3.8, 4) is 0 Å². The second-order valence-electron chi connectivity index (χ2n) is 32.1. The van der Waals surface area contributed by atoms with Gasteiger partial charge >= 0.3 is 0 Å². The first kappa shape index (κ1) is 85.0. The molecule has 564 valence electrons. The van der Waals surface area contributed by atoms with Gasteiger partial charge in [0.1, 0.15) is 60.4 Å². The largest absolute Gasteiger partial charge is 0.373 e. The van der Waals surface area contributed by atoms with Crippen molar-refractivity contribution in [2.75, 3.05) is 75.1 Å². The van der Waals surface area contributed by atoms with Crippen molar-refractivity contribution in [2.24, 2.45) is 47.3 Å². The van der Waals surface area contributed by atoms with Gasteiger partial charge in [-0.25, -0.2) is 0 Å². The van der Waals surface area contributed by atoms with Crippen LogP contribution in [0.5, 0.6) is 0 Å². The third-order valence-electron chi connectivity index (χ3n) is 20.4. The Kier molecular flexibility index (Phi) is 33.1. The SMILES string of the molecule is CC[C@H](C)[C@@H]1NC(=O)[C@H](CC(C)C)N(C)C(=O)[C@@H](C)NC(=O)C[C@@H](C(=O)N2CCCCC2)NC(=O)[C@H](C(C)C)N(C)C(=O)[C@H](CC(C)C)N(C)C(=O)[C@H](COC(C)(C)C)NC(=O)[C@H](CC(C)C)N(C)C(=O)CN(C)C(=O)[C@H](CC2CNC3CCCCC23)NC(=O)[C@H](CC(C)C)N(C)C1=O. The van der Waals surface area contributed by atoms with E-state index in [0.29, 0.717) is 38.9 Å². The van der Waals surface area contributed by atoms with Crippen LogP contribution in [0, 0.1) is 47.3 Å². The number of likely N-dealkylation sites (tertiary alicyclic amines) is 1. The fourth-order valence-electron chi connectivity index (χ4n) is 14.4. The topological polar surface area (TPSA) is 309 Å². The molecule has 4 fully saturated rings. The van der Waals surface area contributed by atoms with Gasteiger partial charge in [-0.1, -0.05) is 102 Å². The van der Waals surface area contributed by atoms with Gasteiger partial charge in [-0.3, -0.25) is 57.5 Å². The van der Waals surface area contributed by atoms with Gasteiger partial charge in [-0.2, -0.15) is 0 Å². The normalized spacial score (nSPS) is 29.1. The summed E-state index contributed by atoms with van der Waals surface area (Å²) in [6, 6.07) is -12.2. The molecule has 0 spiro atoms. The minimum atomic E-state index is -1.46. The second kappa shape index (κ2) is 38.6. The van der Waals surface area contributed by atoms with Gasteiger partial charge in [0.25, 0.3) is 0 Å². The number of ether oxygens (including phenoxy) is 1. The Morgan fingerprint density at radius 1 is 0.535 bits per heavy atom. The number of carbonyl (C=O) groups is 12. The monoisotopic (exact) mass is 1400 g/mol. The highest BCUT2D eigenvalue weighted by Crippen LogP contribution is 2.37. The average molecular weight is 1400 g/mol. The number of rotatable bonds is 16. The highest BCUT2D eigenvalue weighted by atomic mass is 16.5. The quantitative estimate of drug-likeness (QED) is 0.126. The number of fused-ring (bicyclic) bond motifs is 1. The Hall–Kier alpha value is -6.44. The molecule has 4 aliphatic rings. The Morgan fingerprint density at radius 2 is 1.03 bits per heavy atom. The standard InChI is InChI=1S/C73H129N13O13/c1-23-47(12)61-72(98)83(20)56(34-43(4)5)64(90)76-52(37-49-39-74-51-30-26-25-29-50(49)51)68(94)80(17)40-60(88)81(18)55(33-42(2)3)63(89)78-54(41-99-73(14,15)16)69(95)84(21)58(36-45(8)9)71(97)85(22)62(46(10)11)66(92)77-53(70(96)86-31-27-24-28-32-86)38-59(87)75-48(13)67(93)82(19)57(35-44(6)7)65(91)79-61/h42-58,61-62,74H,23-41H2,1-22H3,(H,75,87)(H,76,90)(H,77,92)(H,78,89)(H,79,91)/t47-,48+,49?,50?,51?,52-,53-,54-,55-,56-,57-,58-,61-,62-/m0/s1. The lowest BCUT2D eigenvalue weighted by molar-refractivity contribution is -0.152. The van der Waals surface area contributed by atoms with Crippen LogP contribution < -0.4 is 31.9 Å². The van der Waals surface area contributed by atoms with Gasteiger partial charge in [-0.15, -0.1) is 0 Å². The molecule has 14 atom stereocenters. The predicted octanol–water partition coefficient (Wildman–Crippen LogP) is 4.31. The highest BCUT2D eigenvalue weighted by molar-refractivity contribution is 6.00. The van der Waals surface area contributed by atoms with E-state index in [1.54, 1.807) is 46.4 Å². The molecule has 3 unspecified atom stereocenters. The van der Waals surface area contributed by atoms with Crippen molar-refractivity contribution in [1.29, 1.82) is 0 Å². The molecule has 99 heavy (non-hydrogen) atoms. The molecular formula is C73H129N13O13. The van der Waals surface area contributed by atoms with Gasteiger partial charge in [0.15, 0.2) is 0 Å². The highest BCUT2D eigenvalue weighted by Gasteiger charge is 2.46. The predicted molar refractivity (Wildman–Crippen MR) is 380 cm³/mol. The number of likely N-dealkylation sites (N-methyl/N-ethyl adjacent to an activating group) is 6. The molecule has 0 aromatic heterocycles. The van der Waals surface area contributed by atoms with E-state index in [1.807, 2.05) is 62.3 Å². The average Bonchev–Trinajstić information content (AvgIpc) is 1.55. The molecule has 0 radical (unpaired) electrons. The summed E-state index contributed by atoms with van der Waals surface area (Å²) >= 11 is 0. The van der Waals surface area contributed by atoms with Crippen LogP contribution in [0.1, 0.15) is 201 Å². The maximum Gasteiger partial charge on any atom is 0.247 e. The minimum absolute atomic E-state index is 0.0281. The Balaban J connectivity index is 1.94. The van der Waals surface area contributed by atoms with Crippen LogP contribution in [-0.4, -0.2) is 252 Å². The van der Waals surface area contributed by atoms with Crippen LogP contribution in [0.15, 0.2) is 0 Å². The van der Waals surface area contributed by atoms with Crippen molar-refractivity contribution in [3.63, 3.8) is 0 Å². The second-order valence-corrected chi connectivity index (χ2v) is 32.1. The first-order chi connectivity index (χ1) is 46.1. The zero-order valence-electron chi connectivity index (χ0n) is 64.3. The number of hydrogen-bond donors (Lipinski definition) is 6. The number of nitrogens with zero attached hydrogens (tertiary/aromatic N) is 7. The van der Waals surface area contributed by atoms with E-state index < -0.39 is 162 Å². The molecule has 1 aliphatic carbocycles. The molecule has 0 bridgehead atoms. The van der Waals surface area contributed by atoms with Crippen LogP contribution in [0.25, 0.3) is 0 Å². The van der Waals surface area contributed by atoms with Crippen molar-refractivity contribution in [3.05, 3.63) is 0 Å². The van der Waals surface area contributed by atoms with Crippen LogP contribution in [0.4, 0.5) is 0 Å². The molecule has 6 N–H and O–H groups in total. The van der Waals surface area contributed by atoms with Crippen molar-refractivity contribution in [1.82, 2.24) is 66.2 Å². The summed E-state index contributed by atoms with van der Waals surface area (Å²) < 4.78 is 6.21. The van der Waals surface area contributed by atoms with Gasteiger partial charge in [0, 0.05) is 61.4 Å². The fourth-order valence-corrected chi connectivity index (χ4v) is 14.4. The third kappa shape index (κ3) is 24.4. The zero-order valence-corrected chi connectivity index (χ0v) is 64.3. The molecule has 0 aromatic carbocycles. The van der Waals surface area contributed by atoms with Crippen molar-refractivity contribution in [2.45, 2.75) is 273 Å². The molecule has 26 heteroatoms. The summed E-state index contributed by atoms with van der Waals surface area (Å²) in [5.74, 6) is -9.30. The summed E-state index contributed by atoms with van der Waals surface area (Å²) in [6.45, 7) is 29.5. The molecule has 3 aliphatic heterocycles. The molecule has 12 amide bonds. The number of piperidine rings is 1. The van der Waals surface area contributed by atoms with Gasteiger partial charge in [0.05, 0.1) is 25.2 Å². The van der Waals surface area contributed by atoms with Crippen LogP contribution in [0.2, 0.25) is 0 Å². The molecule has 3 heterocycles.